The van der Waals surface area contributed by atoms with Crippen LogP contribution in [0.25, 0.3) is 0 Å². The Balaban J connectivity index is 2.78. The Bertz CT molecular complexity index is 372. The summed E-state index contributed by atoms with van der Waals surface area (Å²) in [6.45, 7) is 1.40. The molecular weight excluding hydrogens is 174 g/mol. The van der Waals surface area contributed by atoms with Gasteiger partial charge >= 0.3 is 0 Å². The number of aromatic amines is 1. The molecule has 1 aromatic rings. The smallest absolute Gasteiger partial charge is 0.276 e. The molecule has 0 aliphatic carbocycles. The molecule has 1 aromatic heterocycles. The third-order valence-electron chi connectivity index (χ3n) is 1.29. The van der Waals surface area contributed by atoms with Gasteiger partial charge in [0.2, 0.25) is 11.9 Å². The highest BCUT2D eigenvalue weighted by Crippen LogP contribution is 1.83. The average molecular weight is 183 g/mol. The van der Waals surface area contributed by atoms with E-state index in [1.807, 2.05) is 0 Å². The van der Waals surface area contributed by atoms with E-state index in [0.717, 1.165) is 0 Å². The molecule has 4 N–H and O–H groups in total. The monoisotopic (exact) mass is 183 g/mol. The Hall–Kier alpha value is -1.92. The molecule has 0 radical (unpaired) electrons. The van der Waals surface area contributed by atoms with Crippen LogP contribution in [0.3, 0.4) is 0 Å². The van der Waals surface area contributed by atoms with Gasteiger partial charge in [-0.1, -0.05) is 0 Å². The fraction of sp³-hybridized carbons (Fsp3) is 0.333. The SMILES string of the molecule is CC(=O)NCc1nnc(N)[nH]c1=O. The lowest BCUT2D eigenvalue weighted by Crippen LogP contribution is -2.27. The molecule has 0 spiro atoms. The van der Waals surface area contributed by atoms with Gasteiger partial charge in [0, 0.05) is 6.92 Å². The van der Waals surface area contributed by atoms with Crippen molar-refractivity contribution >= 4 is 11.9 Å². The van der Waals surface area contributed by atoms with Gasteiger partial charge in [0.15, 0.2) is 0 Å². The first-order chi connectivity index (χ1) is 6.09. The van der Waals surface area contributed by atoms with Crippen LogP contribution >= 0.6 is 0 Å². The third kappa shape index (κ3) is 2.55. The molecular formula is C6H9N5O2. The van der Waals surface area contributed by atoms with E-state index in [9.17, 15) is 9.59 Å². The Labute approximate surface area is 73.4 Å². The second-order valence-corrected chi connectivity index (χ2v) is 2.40. The van der Waals surface area contributed by atoms with Gasteiger partial charge in [-0.15, -0.1) is 10.2 Å². The number of aromatic nitrogens is 3. The topological polar surface area (TPSA) is 114 Å². The molecule has 0 bridgehead atoms. The molecule has 0 saturated carbocycles. The molecule has 7 nitrogen and oxygen atoms in total. The first kappa shape index (κ1) is 9.17. The molecule has 1 rings (SSSR count). The van der Waals surface area contributed by atoms with Crippen molar-refractivity contribution in [2.24, 2.45) is 0 Å². The van der Waals surface area contributed by atoms with E-state index in [0.29, 0.717) is 0 Å². The first-order valence-electron chi connectivity index (χ1n) is 3.55. The van der Waals surface area contributed by atoms with Crippen molar-refractivity contribution < 1.29 is 4.79 Å². The molecule has 1 heterocycles. The first-order valence-corrected chi connectivity index (χ1v) is 3.55. The fourth-order valence-electron chi connectivity index (χ4n) is 0.697. The number of H-pyrrole nitrogens is 1. The minimum Gasteiger partial charge on any atom is -0.368 e. The number of nitrogens with zero attached hydrogens (tertiary/aromatic N) is 2. The summed E-state index contributed by atoms with van der Waals surface area (Å²) in [4.78, 5) is 23.8. The lowest BCUT2D eigenvalue weighted by molar-refractivity contribution is -0.119. The van der Waals surface area contributed by atoms with Crippen LogP contribution < -0.4 is 16.6 Å². The minimum atomic E-state index is -0.443. The van der Waals surface area contributed by atoms with Crippen molar-refractivity contribution in [3.8, 4) is 0 Å². The van der Waals surface area contributed by atoms with Crippen molar-refractivity contribution in [1.29, 1.82) is 0 Å². The molecule has 0 atom stereocenters. The van der Waals surface area contributed by atoms with Gasteiger partial charge in [0.25, 0.3) is 5.56 Å². The summed E-state index contributed by atoms with van der Waals surface area (Å²) in [6.07, 6.45) is 0. The molecule has 0 aliphatic heterocycles. The van der Waals surface area contributed by atoms with Crippen molar-refractivity contribution in [3.05, 3.63) is 16.0 Å². The number of anilines is 1. The lowest BCUT2D eigenvalue weighted by atomic mass is 10.4. The summed E-state index contributed by atoms with van der Waals surface area (Å²) < 4.78 is 0. The summed E-state index contributed by atoms with van der Waals surface area (Å²) in [5.41, 5.74) is 4.85. The average Bonchev–Trinajstić information content (AvgIpc) is 2.02. The quantitative estimate of drug-likeness (QED) is 0.510. The number of nitrogens with two attached hydrogens (primary N) is 1. The Morgan fingerprint density at radius 1 is 1.62 bits per heavy atom. The Morgan fingerprint density at radius 2 is 2.31 bits per heavy atom. The summed E-state index contributed by atoms with van der Waals surface area (Å²) in [5.74, 6) is -0.283. The van der Waals surface area contributed by atoms with E-state index in [1.165, 1.54) is 6.92 Å². The standard InChI is InChI=1S/C6H9N5O2/c1-3(12)8-2-4-5(13)9-6(7)11-10-4/h2H2,1H3,(H,8,12)(H3,7,9,11,13). The Morgan fingerprint density at radius 3 is 2.85 bits per heavy atom. The predicted octanol–water partition coefficient (Wildman–Crippen LogP) is -1.62. The van der Waals surface area contributed by atoms with Gasteiger partial charge in [0.1, 0.15) is 5.69 Å². The van der Waals surface area contributed by atoms with Crippen LogP contribution in [0.1, 0.15) is 12.6 Å². The molecule has 0 unspecified atom stereocenters. The van der Waals surface area contributed by atoms with Crippen LogP contribution in [0.4, 0.5) is 5.95 Å². The predicted molar refractivity (Wildman–Crippen MR) is 44.6 cm³/mol. The van der Waals surface area contributed by atoms with Crippen LogP contribution in [0, 0.1) is 0 Å². The number of carbonyl (C=O) groups excluding carboxylic acids is 1. The van der Waals surface area contributed by atoms with Gasteiger partial charge in [0.05, 0.1) is 6.54 Å². The summed E-state index contributed by atoms with van der Waals surface area (Å²) in [6, 6.07) is 0. The summed E-state index contributed by atoms with van der Waals surface area (Å²) >= 11 is 0. The van der Waals surface area contributed by atoms with E-state index in [2.05, 4.69) is 20.5 Å². The van der Waals surface area contributed by atoms with Crippen LogP contribution in [0.15, 0.2) is 4.79 Å². The Kier molecular flexibility index (Phi) is 2.58. The van der Waals surface area contributed by atoms with Crippen LogP contribution in [0.2, 0.25) is 0 Å². The van der Waals surface area contributed by atoms with E-state index in [1.54, 1.807) is 0 Å². The molecule has 0 saturated heterocycles. The molecule has 0 aliphatic rings. The van der Waals surface area contributed by atoms with Gasteiger partial charge in [-0.25, -0.2) is 0 Å². The highest BCUT2D eigenvalue weighted by molar-refractivity contribution is 5.72. The molecule has 70 valence electrons. The summed E-state index contributed by atoms with van der Waals surface area (Å²) in [5, 5.41) is 9.37. The number of hydrogen-bond acceptors (Lipinski definition) is 5. The normalized spacial score (nSPS) is 9.62. The largest absolute Gasteiger partial charge is 0.368 e. The van der Waals surface area contributed by atoms with E-state index in [-0.39, 0.29) is 24.1 Å². The van der Waals surface area contributed by atoms with Crippen LogP contribution in [0.5, 0.6) is 0 Å². The van der Waals surface area contributed by atoms with Crippen LogP contribution in [-0.2, 0) is 11.3 Å². The number of nitrogen functional groups attached to an aromatic ring is 1. The maximum absolute atomic E-state index is 11.1. The van der Waals surface area contributed by atoms with Crippen molar-refractivity contribution in [1.82, 2.24) is 20.5 Å². The van der Waals surface area contributed by atoms with Gasteiger partial charge in [-0.2, -0.15) is 0 Å². The van der Waals surface area contributed by atoms with Gasteiger partial charge in [-0.05, 0) is 0 Å². The maximum atomic E-state index is 11.1. The molecule has 13 heavy (non-hydrogen) atoms. The van der Waals surface area contributed by atoms with Crippen molar-refractivity contribution in [3.63, 3.8) is 0 Å². The summed E-state index contributed by atoms with van der Waals surface area (Å²) in [7, 11) is 0. The van der Waals surface area contributed by atoms with Gasteiger partial charge in [-0.3, -0.25) is 14.6 Å². The third-order valence-corrected chi connectivity index (χ3v) is 1.29. The fourth-order valence-corrected chi connectivity index (χ4v) is 0.697. The zero-order chi connectivity index (χ0) is 9.84. The number of carbonyl (C=O) groups is 1. The van der Waals surface area contributed by atoms with Crippen molar-refractivity contribution in [2.45, 2.75) is 13.5 Å². The molecule has 0 fully saturated rings. The van der Waals surface area contributed by atoms with Crippen molar-refractivity contribution in [2.75, 3.05) is 5.73 Å². The zero-order valence-electron chi connectivity index (χ0n) is 7.00. The second kappa shape index (κ2) is 3.65. The minimum absolute atomic E-state index is 0.0448. The van der Waals surface area contributed by atoms with Crippen LogP contribution in [-0.4, -0.2) is 21.1 Å². The van der Waals surface area contributed by atoms with E-state index >= 15 is 0 Å². The highest BCUT2D eigenvalue weighted by Gasteiger charge is 2.02. The number of rotatable bonds is 2. The lowest BCUT2D eigenvalue weighted by Gasteiger charge is -1.99. The van der Waals surface area contributed by atoms with E-state index in [4.69, 9.17) is 5.73 Å². The molecule has 0 aromatic carbocycles. The molecule has 7 heteroatoms. The second-order valence-electron chi connectivity index (χ2n) is 2.40. The highest BCUT2D eigenvalue weighted by atomic mass is 16.1. The van der Waals surface area contributed by atoms with Gasteiger partial charge < -0.3 is 11.1 Å². The zero-order valence-corrected chi connectivity index (χ0v) is 7.00. The number of nitrogens with one attached hydrogen (secondary N) is 2. The number of amides is 1. The number of hydrogen-bond donors (Lipinski definition) is 3. The maximum Gasteiger partial charge on any atom is 0.276 e. The molecule has 1 amide bonds. The van der Waals surface area contributed by atoms with E-state index < -0.39 is 5.56 Å².